The highest BCUT2D eigenvalue weighted by atomic mass is 79.9. The van der Waals surface area contributed by atoms with Gasteiger partial charge in [-0.05, 0) is 29.2 Å². The lowest BCUT2D eigenvalue weighted by Gasteiger charge is -2.06. The van der Waals surface area contributed by atoms with Gasteiger partial charge in [-0.2, -0.15) is 0 Å². The summed E-state index contributed by atoms with van der Waals surface area (Å²) < 4.78 is 1.16. The molecule has 82 valence electrons. The van der Waals surface area contributed by atoms with Crippen LogP contribution in [0.3, 0.4) is 0 Å². The van der Waals surface area contributed by atoms with Gasteiger partial charge in [-0.3, -0.25) is 0 Å². The molecule has 0 fully saturated rings. The van der Waals surface area contributed by atoms with E-state index in [0.717, 1.165) is 16.2 Å². The molecule has 0 saturated heterocycles. The average molecular weight is 340 g/mol. The van der Waals surface area contributed by atoms with E-state index in [1.54, 1.807) is 0 Å². The molecule has 0 aliphatic carbocycles. The topological polar surface area (TPSA) is 0 Å². The number of alkyl halides is 1. The zero-order valence-corrected chi connectivity index (χ0v) is 12.0. The van der Waals surface area contributed by atoms with Gasteiger partial charge in [0.05, 0.1) is 0 Å². The third-order valence-corrected chi connectivity index (χ3v) is 3.55. The third-order valence-electron chi connectivity index (χ3n) is 2.50. The van der Waals surface area contributed by atoms with Crippen LogP contribution in [0.25, 0.3) is 11.1 Å². The van der Waals surface area contributed by atoms with Gasteiger partial charge in [0.25, 0.3) is 0 Å². The van der Waals surface area contributed by atoms with Gasteiger partial charge in [-0.25, -0.2) is 0 Å². The van der Waals surface area contributed by atoms with Gasteiger partial charge >= 0.3 is 0 Å². The minimum absolute atomic E-state index is 1.00. The maximum absolute atomic E-state index is 3.64. The van der Waals surface area contributed by atoms with E-state index >= 15 is 0 Å². The lowest BCUT2D eigenvalue weighted by molar-refractivity contribution is 1.17. The van der Waals surface area contributed by atoms with Crippen LogP contribution in [0.5, 0.6) is 0 Å². The highest BCUT2D eigenvalue weighted by Crippen LogP contribution is 2.29. The first-order chi connectivity index (χ1) is 7.81. The summed E-state index contributed by atoms with van der Waals surface area (Å²) in [6.45, 7) is 0. The second-order valence-electron chi connectivity index (χ2n) is 3.62. The Morgan fingerprint density at radius 2 is 1.69 bits per heavy atom. The van der Waals surface area contributed by atoms with Gasteiger partial charge in [0, 0.05) is 9.80 Å². The quantitative estimate of drug-likeness (QED) is 0.686. The van der Waals surface area contributed by atoms with Crippen LogP contribution in [0.1, 0.15) is 5.56 Å². The van der Waals surface area contributed by atoms with E-state index in [4.69, 9.17) is 0 Å². The molecule has 0 unspecified atom stereocenters. The molecule has 0 saturated carbocycles. The Kier molecular flexibility index (Phi) is 4.19. The summed E-state index contributed by atoms with van der Waals surface area (Å²) in [5.74, 6) is 0. The number of hydrogen-bond donors (Lipinski definition) is 0. The second-order valence-corrected chi connectivity index (χ2v) is 5.27. The van der Waals surface area contributed by atoms with Crippen molar-refractivity contribution in [1.82, 2.24) is 0 Å². The van der Waals surface area contributed by atoms with Crippen LogP contribution in [0.15, 0.2) is 53.0 Å². The smallest absolute Gasteiger partial charge is 0.0256 e. The highest BCUT2D eigenvalue weighted by molar-refractivity contribution is 9.10. The summed E-state index contributed by atoms with van der Waals surface area (Å²) in [5, 5.41) is 1.00. The SMILES string of the molecule is BrCCc1ccc(-c2ccccc2)c(Br)c1. The van der Waals surface area contributed by atoms with Crippen LogP contribution in [0, 0.1) is 0 Å². The molecule has 0 aliphatic heterocycles. The van der Waals surface area contributed by atoms with Crippen LogP contribution >= 0.6 is 31.9 Å². The minimum Gasteiger partial charge on any atom is -0.0924 e. The molecule has 0 atom stereocenters. The molecule has 0 radical (unpaired) electrons. The fraction of sp³-hybridized carbons (Fsp3) is 0.143. The van der Waals surface area contributed by atoms with Gasteiger partial charge in [-0.15, -0.1) is 0 Å². The van der Waals surface area contributed by atoms with Crippen molar-refractivity contribution < 1.29 is 0 Å². The largest absolute Gasteiger partial charge is 0.0924 e. The molecular weight excluding hydrogens is 328 g/mol. The van der Waals surface area contributed by atoms with Crippen molar-refractivity contribution in [3.8, 4) is 11.1 Å². The molecule has 0 N–H and O–H groups in total. The van der Waals surface area contributed by atoms with E-state index in [9.17, 15) is 0 Å². The molecular formula is C14H12Br2. The van der Waals surface area contributed by atoms with Crippen LogP contribution in [0.2, 0.25) is 0 Å². The van der Waals surface area contributed by atoms with Crippen molar-refractivity contribution in [2.45, 2.75) is 6.42 Å². The van der Waals surface area contributed by atoms with Gasteiger partial charge in [-0.1, -0.05) is 74.3 Å². The fourth-order valence-electron chi connectivity index (χ4n) is 1.68. The van der Waals surface area contributed by atoms with Crippen LogP contribution < -0.4 is 0 Å². The number of aryl methyl sites for hydroxylation is 1. The predicted molar refractivity (Wildman–Crippen MR) is 77.1 cm³/mol. The molecule has 0 nitrogen and oxygen atoms in total. The molecule has 2 heteroatoms. The molecule has 0 bridgehead atoms. The Morgan fingerprint density at radius 3 is 2.31 bits per heavy atom. The van der Waals surface area contributed by atoms with Crippen molar-refractivity contribution in [3.63, 3.8) is 0 Å². The van der Waals surface area contributed by atoms with Crippen molar-refractivity contribution in [1.29, 1.82) is 0 Å². The average Bonchev–Trinajstić information content (AvgIpc) is 2.31. The Balaban J connectivity index is 2.37. The first-order valence-electron chi connectivity index (χ1n) is 5.21. The standard InChI is InChI=1S/C14H12Br2/c15-9-8-11-6-7-13(14(16)10-11)12-4-2-1-3-5-12/h1-7,10H,8-9H2. The number of halogens is 2. The lowest BCUT2D eigenvalue weighted by Crippen LogP contribution is -1.87. The van der Waals surface area contributed by atoms with E-state index in [1.165, 1.54) is 16.7 Å². The molecule has 0 aliphatic rings. The normalized spacial score (nSPS) is 10.4. The molecule has 2 rings (SSSR count). The monoisotopic (exact) mass is 338 g/mol. The van der Waals surface area contributed by atoms with E-state index in [2.05, 4.69) is 74.3 Å². The molecule has 0 amide bonds. The van der Waals surface area contributed by atoms with Gasteiger partial charge in [0.15, 0.2) is 0 Å². The number of hydrogen-bond acceptors (Lipinski definition) is 0. The van der Waals surface area contributed by atoms with Crippen molar-refractivity contribution in [3.05, 3.63) is 58.6 Å². The summed E-state index contributed by atoms with van der Waals surface area (Å²) >= 11 is 7.10. The highest BCUT2D eigenvalue weighted by Gasteiger charge is 2.03. The first-order valence-corrected chi connectivity index (χ1v) is 7.12. The van der Waals surface area contributed by atoms with E-state index in [1.807, 2.05) is 6.07 Å². The van der Waals surface area contributed by atoms with Crippen LogP contribution in [-0.4, -0.2) is 5.33 Å². The molecule has 16 heavy (non-hydrogen) atoms. The zero-order valence-electron chi connectivity index (χ0n) is 8.79. The molecule has 2 aromatic carbocycles. The van der Waals surface area contributed by atoms with Crippen molar-refractivity contribution >= 4 is 31.9 Å². The zero-order chi connectivity index (χ0) is 11.4. The van der Waals surface area contributed by atoms with Crippen LogP contribution in [-0.2, 0) is 6.42 Å². The molecule has 0 spiro atoms. The second kappa shape index (κ2) is 5.65. The Bertz CT molecular complexity index is 463. The Hall–Kier alpha value is -0.600. The summed E-state index contributed by atoms with van der Waals surface area (Å²) in [6, 6.07) is 17.0. The maximum Gasteiger partial charge on any atom is 0.0256 e. The molecule has 2 aromatic rings. The summed E-state index contributed by atoms with van der Waals surface area (Å²) in [7, 11) is 0. The van der Waals surface area contributed by atoms with E-state index in [0.29, 0.717) is 0 Å². The van der Waals surface area contributed by atoms with Gasteiger partial charge < -0.3 is 0 Å². The van der Waals surface area contributed by atoms with Crippen molar-refractivity contribution in [2.24, 2.45) is 0 Å². The summed E-state index contributed by atoms with van der Waals surface area (Å²) in [5.41, 5.74) is 3.85. The van der Waals surface area contributed by atoms with E-state index < -0.39 is 0 Å². The molecule has 0 heterocycles. The summed E-state index contributed by atoms with van der Waals surface area (Å²) in [6.07, 6.45) is 1.06. The Morgan fingerprint density at radius 1 is 0.938 bits per heavy atom. The van der Waals surface area contributed by atoms with Gasteiger partial charge in [0.2, 0.25) is 0 Å². The van der Waals surface area contributed by atoms with Crippen LogP contribution in [0.4, 0.5) is 0 Å². The Labute approximate surface area is 113 Å². The van der Waals surface area contributed by atoms with Crippen molar-refractivity contribution in [2.75, 3.05) is 5.33 Å². The number of benzene rings is 2. The maximum atomic E-state index is 3.64. The third kappa shape index (κ3) is 2.74. The predicted octanol–water partition coefficient (Wildman–Crippen LogP) is 5.05. The van der Waals surface area contributed by atoms with Gasteiger partial charge in [0.1, 0.15) is 0 Å². The minimum atomic E-state index is 1.00. The molecule has 0 aromatic heterocycles. The fourth-order valence-corrected chi connectivity index (χ4v) is 2.79. The first kappa shape index (κ1) is 11.9. The summed E-state index contributed by atoms with van der Waals surface area (Å²) in [4.78, 5) is 0. The lowest BCUT2D eigenvalue weighted by atomic mass is 10.0. The van der Waals surface area contributed by atoms with E-state index in [-0.39, 0.29) is 0 Å². The number of rotatable bonds is 3.